The van der Waals surface area contributed by atoms with E-state index < -0.39 is 0 Å². The Morgan fingerprint density at radius 1 is 1.47 bits per heavy atom. The Morgan fingerprint density at radius 3 is 3.00 bits per heavy atom. The summed E-state index contributed by atoms with van der Waals surface area (Å²) in [5, 5.41) is 14.4. The first-order valence-electron chi connectivity index (χ1n) is 5.37. The molecule has 2 rings (SSSR count). The molecule has 0 aliphatic carbocycles. The maximum absolute atomic E-state index is 11.8. The number of carbonyl (C=O) groups is 1. The van der Waals surface area contributed by atoms with Crippen molar-refractivity contribution in [3.63, 3.8) is 0 Å². The first-order chi connectivity index (χ1) is 9.17. The van der Waals surface area contributed by atoms with Crippen LogP contribution in [0.5, 0.6) is 0 Å². The van der Waals surface area contributed by atoms with Crippen molar-refractivity contribution in [2.45, 2.75) is 4.34 Å². The van der Waals surface area contributed by atoms with Crippen molar-refractivity contribution in [3.8, 4) is 0 Å². The summed E-state index contributed by atoms with van der Waals surface area (Å²) in [6, 6.07) is 7.68. The standard InChI is InChI=1S/C11H11IN4OS2/c1-13-10-15-16-11(19-10)18-6-9(17)14-8-4-2-3-7(12)5-8/h2-5H,6H2,1H3,(H,13,15)(H,14,17). The van der Waals surface area contributed by atoms with Crippen molar-refractivity contribution in [1.82, 2.24) is 10.2 Å². The maximum atomic E-state index is 11.8. The summed E-state index contributed by atoms with van der Waals surface area (Å²) in [6.07, 6.45) is 0. The van der Waals surface area contributed by atoms with Crippen molar-refractivity contribution < 1.29 is 4.79 Å². The molecule has 0 unspecified atom stereocenters. The normalized spacial score (nSPS) is 10.2. The lowest BCUT2D eigenvalue weighted by Gasteiger charge is -2.04. The van der Waals surface area contributed by atoms with Gasteiger partial charge in [-0.3, -0.25) is 4.79 Å². The molecule has 0 atom stereocenters. The van der Waals surface area contributed by atoms with Crippen LogP contribution in [0, 0.1) is 3.57 Å². The molecular formula is C11H11IN4OS2. The van der Waals surface area contributed by atoms with Crippen LogP contribution in [0.3, 0.4) is 0 Å². The molecule has 0 radical (unpaired) electrons. The van der Waals surface area contributed by atoms with Crippen LogP contribution in [0.1, 0.15) is 0 Å². The van der Waals surface area contributed by atoms with E-state index in [1.807, 2.05) is 24.3 Å². The van der Waals surface area contributed by atoms with Gasteiger partial charge in [-0.25, -0.2) is 0 Å². The van der Waals surface area contributed by atoms with Crippen LogP contribution in [-0.2, 0) is 4.79 Å². The van der Waals surface area contributed by atoms with E-state index in [1.54, 1.807) is 7.05 Å². The zero-order valence-corrected chi connectivity index (χ0v) is 13.8. The molecule has 1 amide bonds. The molecule has 2 aromatic rings. The third-order valence-electron chi connectivity index (χ3n) is 2.06. The lowest BCUT2D eigenvalue weighted by atomic mass is 10.3. The summed E-state index contributed by atoms with van der Waals surface area (Å²) in [5.74, 6) is 0.275. The summed E-state index contributed by atoms with van der Waals surface area (Å²) in [7, 11) is 1.79. The second-order valence-corrected chi connectivity index (χ2v) is 6.92. The van der Waals surface area contributed by atoms with Gasteiger partial charge >= 0.3 is 0 Å². The zero-order valence-electron chi connectivity index (χ0n) is 10.0. The maximum Gasteiger partial charge on any atom is 0.234 e. The van der Waals surface area contributed by atoms with E-state index in [0.717, 1.165) is 18.7 Å². The fourth-order valence-corrected chi connectivity index (χ4v) is 3.31. The van der Waals surface area contributed by atoms with Gasteiger partial charge in [-0.15, -0.1) is 10.2 Å². The average Bonchev–Trinajstić information content (AvgIpc) is 2.84. The number of thioether (sulfide) groups is 1. The molecule has 0 saturated carbocycles. The minimum atomic E-state index is -0.0480. The molecule has 0 fully saturated rings. The molecule has 1 aromatic heterocycles. The van der Waals surface area contributed by atoms with Gasteiger partial charge in [-0.2, -0.15) is 0 Å². The highest BCUT2D eigenvalue weighted by Gasteiger charge is 2.07. The first kappa shape index (κ1) is 14.5. The van der Waals surface area contributed by atoms with Crippen molar-refractivity contribution in [1.29, 1.82) is 0 Å². The number of hydrogen-bond acceptors (Lipinski definition) is 6. The number of aromatic nitrogens is 2. The van der Waals surface area contributed by atoms with E-state index in [9.17, 15) is 4.79 Å². The lowest BCUT2D eigenvalue weighted by molar-refractivity contribution is -0.113. The van der Waals surface area contributed by atoms with Crippen LogP contribution < -0.4 is 10.6 Å². The van der Waals surface area contributed by atoms with Gasteiger partial charge in [0.1, 0.15) is 0 Å². The number of halogens is 1. The predicted octanol–water partition coefficient (Wildman–Crippen LogP) is 2.92. The van der Waals surface area contributed by atoms with E-state index in [2.05, 4.69) is 43.4 Å². The van der Waals surface area contributed by atoms with E-state index in [4.69, 9.17) is 0 Å². The molecule has 0 bridgehead atoms. The fourth-order valence-electron chi connectivity index (χ4n) is 1.26. The Bertz CT molecular complexity index is 575. The van der Waals surface area contributed by atoms with E-state index >= 15 is 0 Å². The SMILES string of the molecule is CNc1nnc(SCC(=O)Nc2cccc(I)c2)s1. The van der Waals surface area contributed by atoms with Crippen LogP contribution in [0.4, 0.5) is 10.8 Å². The van der Waals surface area contributed by atoms with Crippen LogP contribution in [-0.4, -0.2) is 28.9 Å². The van der Waals surface area contributed by atoms with Gasteiger partial charge in [0.05, 0.1) is 5.75 Å². The number of carbonyl (C=O) groups excluding carboxylic acids is 1. The number of amides is 1. The fraction of sp³-hybridized carbons (Fsp3) is 0.182. The number of rotatable bonds is 5. The van der Waals surface area contributed by atoms with Crippen LogP contribution in [0.2, 0.25) is 0 Å². The van der Waals surface area contributed by atoms with Crippen molar-refractivity contribution >= 4 is 62.4 Å². The lowest BCUT2D eigenvalue weighted by Crippen LogP contribution is -2.13. The van der Waals surface area contributed by atoms with Gasteiger partial charge in [0.15, 0.2) is 4.34 Å². The molecule has 8 heteroatoms. The summed E-state index contributed by atoms with van der Waals surface area (Å²) in [6.45, 7) is 0. The molecule has 0 spiro atoms. The number of nitrogens with one attached hydrogen (secondary N) is 2. The van der Waals surface area contributed by atoms with Crippen LogP contribution in [0.25, 0.3) is 0 Å². The van der Waals surface area contributed by atoms with Gasteiger partial charge in [0, 0.05) is 16.3 Å². The summed E-state index contributed by atoms with van der Waals surface area (Å²) in [5.41, 5.74) is 0.811. The monoisotopic (exact) mass is 406 g/mol. The Hall–Kier alpha value is -0.870. The largest absolute Gasteiger partial charge is 0.363 e. The minimum Gasteiger partial charge on any atom is -0.363 e. The highest BCUT2D eigenvalue weighted by atomic mass is 127. The summed E-state index contributed by atoms with van der Waals surface area (Å²) in [4.78, 5) is 11.8. The molecule has 5 nitrogen and oxygen atoms in total. The van der Waals surface area contributed by atoms with Crippen LogP contribution in [0.15, 0.2) is 28.6 Å². The third kappa shape index (κ3) is 4.62. The predicted molar refractivity (Wildman–Crippen MR) is 88.0 cm³/mol. The Kier molecular flexibility index (Phi) is 5.40. The van der Waals surface area contributed by atoms with Crippen LogP contribution >= 0.6 is 45.7 Å². The molecule has 1 aromatic carbocycles. The van der Waals surface area contributed by atoms with Gasteiger partial charge in [-0.05, 0) is 40.8 Å². The number of hydrogen-bond donors (Lipinski definition) is 2. The highest BCUT2D eigenvalue weighted by molar-refractivity contribution is 14.1. The van der Waals surface area contributed by atoms with Crippen molar-refractivity contribution in [2.75, 3.05) is 23.4 Å². The molecule has 0 aliphatic rings. The number of benzene rings is 1. The van der Waals surface area contributed by atoms with Crippen molar-refractivity contribution in [3.05, 3.63) is 27.8 Å². The molecule has 0 saturated heterocycles. The Labute approximate surface area is 132 Å². The molecule has 0 aliphatic heterocycles. The quantitative estimate of drug-likeness (QED) is 0.591. The molecule has 2 N–H and O–H groups in total. The molecule has 1 heterocycles. The zero-order chi connectivity index (χ0) is 13.7. The van der Waals surface area contributed by atoms with Gasteiger partial charge in [0.2, 0.25) is 11.0 Å². The molecular weight excluding hydrogens is 395 g/mol. The van der Waals surface area contributed by atoms with E-state index in [1.165, 1.54) is 23.1 Å². The number of nitrogens with zero attached hydrogens (tertiary/aromatic N) is 2. The van der Waals surface area contributed by atoms with E-state index in [-0.39, 0.29) is 5.91 Å². The Balaban J connectivity index is 1.84. The topological polar surface area (TPSA) is 66.9 Å². The smallest absolute Gasteiger partial charge is 0.234 e. The van der Waals surface area contributed by atoms with Gasteiger partial charge < -0.3 is 10.6 Å². The average molecular weight is 406 g/mol. The second-order valence-electron chi connectivity index (χ2n) is 3.47. The van der Waals surface area contributed by atoms with Gasteiger partial charge in [-0.1, -0.05) is 29.2 Å². The Morgan fingerprint density at radius 2 is 2.32 bits per heavy atom. The van der Waals surface area contributed by atoms with E-state index in [0.29, 0.717) is 5.75 Å². The highest BCUT2D eigenvalue weighted by Crippen LogP contribution is 2.25. The third-order valence-corrected chi connectivity index (χ3v) is 4.80. The van der Waals surface area contributed by atoms with Gasteiger partial charge in [0.25, 0.3) is 0 Å². The number of anilines is 2. The van der Waals surface area contributed by atoms with Crippen molar-refractivity contribution in [2.24, 2.45) is 0 Å². The molecule has 19 heavy (non-hydrogen) atoms. The summed E-state index contributed by atoms with van der Waals surface area (Å²) >= 11 is 5.02. The second kappa shape index (κ2) is 7.06. The first-order valence-corrected chi connectivity index (χ1v) is 8.25. The molecule has 100 valence electrons. The minimum absolute atomic E-state index is 0.0480. The summed E-state index contributed by atoms with van der Waals surface area (Å²) < 4.78 is 1.87.